The van der Waals surface area contributed by atoms with Crippen molar-refractivity contribution in [1.82, 2.24) is 31.9 Å². The van der Waals surface area contributed by atoms with Gasteiger partial charge in [0.15, 0.2) is 0 Å². The molecule has 0 unspecified atom stereocenters. The lowest BCUT2D eigenvalue weighted by molar-refractivity contribution is 0.272. The molecule has 0 radical (unpaired) electrons. The Bertz CT molecular complexity index is 433. The van der Waals surface area contributed by atoms with Crippen molar-refractivity contribution in [2.75, 3.05) is 40.3 Å². The molecule has 6 atom stereocenters. The first-order valence-electron chi connectivity index (χ1n) is 14.1. The van der Waals surface area contributed by atoms with Crippen LogP contribution in [0.25, 0.3) is 0 Å². The second kappa shape index (κ2) is 15.6. The minimum Gasteiger partial charge on any atom is -0.315 e. The molecule has 0 aromatic rings. The zero-order valence-electron chi connectivity index (χ0n) is 21.2. The van der Waals surface area contributed by atoms with Crippen LogP contribution < -0.4 is 31.9 Å². The van der Waals surface area contributed by atoms with E-state index in [0.717, 1.165) is 26.2 Å². The van der Waals surface area contributed by atoms with E-state index in [2.05, 4.69) is 46.0 Å². The average Bonchev–Trinajstić information content (AvgIpc) is 2.85. The van der Waals surface area contributed by atoms with Crippen LogP contribution in [0.3, 0.4) is 0 Å². The molecule has 3 saturated carbocycles. The molecule has 6 N–H and O–H groups in total. The van der Waals surface area contributed by atoms with Crippen molar-refractivity contribution in [3.8, 4) is 0 Å². The fourth-order valence-electron chi connectivity index (χ4n) is 6.39. The van der Waals surface area contributed by atoms with Crippen LogP contribution >= 0.6 is 0 Å². The van der Waals surface area contributed by atoms with E-state index in [1.807, 2.05) is 0 Å². The Morgan fingerprint density at radius 2 is 0.656 bits per heavy atom. The van der Waals surface area contributed by atoms with Crippen LogP contribution in [0.4, 0.5) is 0 Å². The van der Waals surface area contributed by atoms with E-state index in [9.17, 15) is 0 Å². The molecule has 0 amide bonds. The van der Waals surface area contributed by atoms with Crippen molar-refractivity contribution in [1.29, 1.82) is 0 Å². The van der Waals surface area contributed by atoms with Crippen LogP contribution in [-0.4, -0.2) is 76.5 Å². The third-order valence-electron chi connectivity index (χ3n) is 8.37. The van der Waals surface area contributed by atoms with Gasteiger partial charge in [-0.25, -0.2) is 0 Å². The van der Waals surface area contributed by atoms with E-state index in [1.54, 1.807) is 0 Å². The Balaban J connectivity index is 1.25. The minimum atomic E-state index is 0.656. The SMILES string of the molecule is CN[C@H]1CCCC[C@@H]1NCCCN[C@H]1CCCC[C@@H]1NCCCN[C@H]1CCCC[C@@H]1NC. The molecular weight excluding hydrogens is 396 g/mol. The van der Waals surface area contributed by atoms with Gasteiger partial charge in [0.25, 0.3) is 0 Å². The van der Waals surface area contributed by atoms with Gasteiger partial charge >= 0.3 is 0 Å². The summed E-state index contributed by atoms with van der Waals surface area (Å²) in [6.45, 7) is 4.56. The van der Waals surface area contributed by atoms with Gasteiger partial charge in [-0.1, -0.05) is 38.5 Å². The monoisotopic (exact) mass is 450 g/mol. The van der Waals surface area contributed by atoms with Gasteiger partial charge in [-0.15, -0.1) is 0 Å². The molecule has 3 aliphatic rings. The first-order chi connectivity index (χ1) is 15.8. The lowest BCUT2D eigenvalue weighted by Crippen LogP contribution is -2.52. The fourth-order valence-corrected chi connectivity index (χ4v) is 6.39. The molecule has 188 valence electrons. The molecule has 0 aliphatic heterocycles. The van der Waals surface area contributed by atoms with Crippen molar-refractivity contribution in [3.63, 3.8) is 0 Å². The zero-order chi connectivity index (χ0) is 22.4. The number of rotatable bonds is 14. The van der Waals surface area contributed by atoms with E-state index in [0.29, 0.717) is 36.3 Å². The first kappa shape index (κ1) is 26.4. The predicted octanol–water partition coefficient (Wildman–Crippen LogP) is 2.50. The van der Waals surface area contributed by atoms with Crippen molar-refractivity contribution >= 4 is 0 Å². The average molecular weight is 451 g/mol. The van der Waals surface area contributed by atoms with Gasteiger partial charge in [0.05, 0.1) is 0 Å². The molecule has 0 spiro atoms. The van der Waals surface area contributed by atoms with Gasteiger partial charge in [0.2, 0.25) is 0 Å². The number of nitrogens with one attached hydrogen (secondary N) is 6. The predicted molar refractivity (Wildman–Crippen MR) is 137 cm³/mol. The number of likely N-dealkylation sites (N-methyl/N-ethyl adjacent to an activating group) is 2. The third-order valence-corrected chi connectivity index (χ3v) is 8.37. The van der Waals surface area contributed by atoms with Crippen LogP contribution in [0, 0.1) is 0 Å². The molecule has 0 bridgehead atoms. The fraction of sp³-hybridized carbons (Fsp3) is 1.00. The van der Waals surface area contributed by atoms with Gasteiger partial charge in [-0.2, -0.15) is 0 Å². The maximum atomic E-state index is 3.90. The minimum absolute atomic E-state index is 0.656. The Kier molecular flexibility index (Phi) is 12.9. The molecule has 0 aromatic carbocycles. The third kappa shape index (κ3) is 8.84. The Labute approximate surface area is 198 Å². The largest absolute Gasteiger partial charge is 0.315 e. The molecule has 0 heterocycles. The van der Waals surface area contributed by atoms with E-state index in [-0.39, 0.29) is 0 Å². The molecule has 6 heteroatoms. The van der Waals surface area contributed by atoms with E-state index in [1.165, 1.54) is 89.9 Å². The maximum Gasteiger partial charge on any atom is 0.0221 e. The lowest BCUT2D eigenvalue weighted by Gasteiger charge is -2.34. The van der Waals surface area contributed by atoms with Gasteiger partial charge in [0, 0.05) is 36.3 Å². The summed E-state index contributed by atoms with van der Waals surface area (Å²) in [5.41, 5.74) is 0. The van der Waals surface area contributed by atoms with Gasteiger partial charge in [-0.3, -0.25) is 0 Å². The highest BCUT2D eigenvalue weighted by Crippen LogP contribution is 2.20. The summed E-state index contributed by atoms with van der Waals surface area (Å²) in [7, 11) is 4.24. The summed E-state index contributed by atoms with van der Waals surface area (Å²) >= 11 is 0. The van der Waals surface area contributed by atoms with E-state index >= 15 is 0 Å². The van der Waals surface area contributed by atoms with Gasteiger partial charge in [0.1, 0.15) is 0 Å². The van der Waals surface area contributed by atoms with Crippen molar-refractivity contribution < 1.29 is 0 Å². The Morgan fingerprint density at radius 3 is 0.938 bits per heavy atom. The highest BCUT2D eigenvalue weighted by atomic mass is 15.0. The van der Waals surface area contributed by atoms with Crippen molar-refractivity contribution in [2.24, 2.45) is 0 Å². The second-order valence-corrected chi connectivity index (χ2v) is 10.6. The summed E-state index contributed by atoms with van der Waals surface area (Å²) in [4.78, 5) is 0. The summed E-state index contributed by atoms with van der Waals surface area (Å²) in [6.07, 6.45) is 18.7. The summed E-state index contributed by atoms with van der Waals surface area (Å²) < 4.78 is 0. The molecule has 3 aliphatic carbocycles. The normalized spacial score (nSPS) is 33.9. The quantitative estimate of drug-likeness (QED) is 0.229. The van der Waals surface area contributed by atoms with Crippen molar-refractivity contribution in [3.05, 3.63) is 0 Å². The molecular formula is C26H54N6. The second-order valence-electron chi connectivity index (χ2n) is 10.6. The van der Waals surface area contributed by atoms with Crippen LogP contribution in [0.15, 0.2) is 0 Å². The Hall–Kier alpha value is -0.240. The zero-order valence-corrected chi connectivity index (χ0v) is 21.2. The Morgan fingerprint density at radius 1 is 0.406 bits per heavy atom. The highest BCUT2D eigenvalue weighted by Gasteiger charge is 2.25. The number of hydrogen-bond donors (Lipinski definition) is 6. The standard InChI is InChI=1S/C26H54N6/c1-27-21-11-3-5-13-23(21)29-17-9-19-31-25-15-7-8-16-26(25)32-20-10-18-30-24-14-6-4-12-22(24)28-2/h21-32H,3-20H2,1-2H3/t21-,22-,23-,24-,25-,26-/m0/s1. The van der Waals surface area contributed by atoms with Crippen molar-refractivity contribution in [2.45, 2.75) is 126 Å². The molecule has 3 rings (SSSR count). The molecule has 0 saturated heterocycles. The molecule has 0 aromatic heterocycles. The summed E-state index contributed by atoms with van der Waals surface area (Å²) in [5, 5.41) is 22.5. The molecule has 3 fully saturated rings. The van der Waals surface area contributed by atoms with E-state index in [4.69, 9.17) is 0 Å². The summed E-state index contributed by atoms with van der Waals surface area (Å²) in [5.74, 6) is 0. The number of hydrogen-bond acceptors (Lipinski definition) is 6. The van der Waals surface area contributed by atoms with Gasteiger partial charge in [-0.05, 0) is 91.6 Å². The molecule has 32 heavy (non-hydrogen) atoms. The van der Waals surface area contributed by atoms with Crippen LogP contribution in [-0.2, 0) is 0 Å². The first-order valence-corrected chi connectivity index (χ1v) is 14.1. The topological polar surface area (TPSA) is 72.2 Å². The molecule has 6 nitrogen and oxygen atoms in total. The van der Waals surface area contributed by atoms with Crippen LogP contribution in [0.2, 0.25) is 0 Å². The maximum absolute atomic E-state index is 3.90. The lowest BCUT2D eigenvalue weighted by atomic mass is 9.90. The van der Waals surface area contributed by atoms with Crippen LogP contribution in [0.1, 0.15) is 89.9 Å². The smallest absolute Gasteiger partial charge is 0.0221 e. The van der Waals surface area contributed by atoms with E-state index < -0.39 is 0 Å². The van der Waals surface area contributed by atoms with Gasteiger partial charge < -0.3 is 31.9 Å². The highest BCUT2D eigenvalue weighted by molar-refractivity contribution is 4.88. The van der Waals surface area contributed by atoms with Crippen LogP contribution in [0.5, 0.6) is 0 Å². The summed E-state index contributed by atoms with van der Waals surface area (Å²) in [6, 6.07) is 3.99.